The predicted molar refractivity (Wildman–Crippen MR) is 134 cm³/mol. The smallest absolute Gasteiger partial charge is 0.309 e. The Morgan fingerprint density at radius 3 is 2.26 bits per heavy atom. The van der Waals surface area contributed by atoms with Crippen molar-refractivity contribution in [3.63, 3.8) is 0 Å². The van der Waals surface area contributed by atoms with Gasteiger partial charge in [0.25, 0.3) is 0 Å². The molecule has 3 N–H and O–H groups in total. The summed E-state index contributed by atoms with van der Waals surface area (Å²) in [6.07, 6.45) is 8.76. The molecule has 0 bridgehead atoms. The first-order valence-electron chi connectivity index (χ1n) is 13.9. The number of rotatable bonds is 2. The molecule has 0 spiro atoms. The number of carboxylic acid groups (broad SMARTS) is 1. The molecule has 0 radical (unpaired) electrons. The largest absolute Gasteiger partial charge is 0.481 e. The number of ketones is 1. The molecule has 5 heteroatoms. The Labute approximate surface area is 210 Å². The van der Waals surface area contributed by atoms with Crippen LogP contribution in [0.1, 0.15) is 99.3 Å². The number of aliphatic hydroxyl groups excluding tert-OH is 2. The van der Waals surface area contributed by atoms with Gasteiger partial charge in [0.2, 0.25) is 0 Å². The minimum absolute atomic E-state index is 0.0565. The molecule has 0 aliphatic heterocycles. The predicted octanol–water partition coefficient (Wildman–Crippen LogP) is 5.39. The summed E-state index contributed by atoms with van der Waals surface area (Å²) in [6.45, 7) is 13.3. The Hall–Kier alpha value is -1.20. The molecule has 5 aliphatic carbocycles. The van der Waals surface area contributed by atoms with Gasteiger partial charge in [0.1, 0.15) is 0 Å². The number of aliphatic carboxylic acids is 1. The molecular weight excluding hydrogens is 440 g/mol. The number of carbonyl (C=O) groups is 2. The topological polar surface area (TPSA) is 94.8 Å². The van der Waals surface area contributed by atoms with E-state index < -0.39 is 11.4 Å². The molecule has 5 aliphatic rings. The molecule has 0 saturated heterocycles. The van der Waals surface area contributed by atoms with Crippen molar-refractivity contribution < 1.29 is 24.9 Å². The first kappa shape index (κ1) is 25.4. The van der Waals surface area contributed by atoms with E-state index in [9.17, 15) is 24.9 Å². The van der Waals surface area contributed by atoms with Crippen molar-refractivity contribution >= 4 is 11.8 Å². The normalized spacial score (nSPS) is 52.9. The van der Waals surface area contributed by atoms with Crippen molar-refractivity contribution in [2.24, 2.45) is 50.2 Å². The standard InChI is InChI=1S/C30H46O5/c1-25(2)21-7-10-29(6)23(27(21,4)9-8-22(25)33)20(32)15-18-19-16-26(3,24(34)35)11-13-30(19,17-31)14-12-28(18,29)5/h15,19,21-23,31,33H,7-14,16-17H2,1-6H3,(H,34,35)/t19-,21-,22-,23+,26-,27-,28+,29+,30+/m0/s1. The van der Waals surface area contributed by atoms with Gasteiger partial charge in [0, 0.05) is 17.9 Å². The van der Waals surface area contributed by atoms with Crippen molar-refractivity contribution in [3.05, 3.63) is 11.6 Å². The van der Waals surface area contributed by atoms with Crippen LogP contribution < -0.4 is 0 Å². The SMILES string of the molecule is CC1(C)[C@@H](O)CC[C@]2(C)[C@H]3C(=O)C=C4[C@@H]5C[C@@](C)(C(=O)O)CC[C@]5(CO)CC[C@@]4(C)[C@]3(C)CC[C@@H]12. The fourth-order valence-electron chi connectivity index (χ4n) is 10.5. The number of fused-ring (bicyclic) bond motifs is 7. The number of aliphatic hydroxyl groups is 2. The number of carbonyl (C=O) groups excluding carboxylic acids is 1. The van der Waals surface area contributed by atoms with Gasteiger partial charge in [0.15, 0.2) is 5.78 Å². The Morgan fingerprint density at radius 1 is 0.971 bits per heavy atom. The summed E-state index contributed by atoms with van der Waals surface area (Å²) >= 11 is 0. The van der Waals surface area contributed by atoms with Crippen LogP contribution in [0.3, 0.4) is 0 Å². The maximum atomic E-state index is 14.2. The molecule has 0 unspecified atom stereocenters. The van der Waals surface area contributed by atoms with E-state index in [1.807, 2.05) is 13.0 Å². The van der Waals surface area contributed by atoms with E-state index in [4.69, 9.17) is 0 Å². The van der Waals surface area contributed by atoms with Crippen LogP contribution in [0, 0.1) is 50.2 Å². The van der Waals surface area contributed by atoms with E-state index >= 15 is 0 Å². The van der Waals surface area contributed by atoms with Gasteiger partial charge in [0.05, 0.1) is 11.5 Å². The quantitative estimate of drug-likeness (QED) is 0.487. The van der Waals surface area contributed by atoms with Gasteiger partial charge in [-0.1, -0.05) is 40.2 Å². The van der Waals surface area contributed by atoms with Crippen LogP contribution in [0.2, 0.25) is 0 Å². The van der Waals surface area contributed by atoms with Gasteiger partial charge in [-0.3, -0.25) is 9.59 Å². The lowest BCUT2D eigenvalue weighted by Gasteiger charge is -2.70. The third-order valence-electron chi connectivity index (χ3n) is 13.1. The second-order valence-electron chi connectivity index (χ2n) is 14.8. The highest BCUT2D eigenvalue weighted by atomic mass is 16.4. The summed E-state index contributed by atoms with van der Waals surface area (Å²) < 4.78 is 0. The highest BCUT2D eigenvalue weighted by Crippen LogP contribution is 2.75. The Morgan fingerprint density at radius 2 is 1.63 bits per heavy atom. The molecule has 4 saturated carbocycles. The first-order chi connectivity index (χ1) is 16.1. The highest BCUT2D eigenvalue weighted by Gasteiger charge is 2.70. The van der Waals surface area contributed by atoms with Crippen molar-refractivity contribution in [1.82, 2.24) is 0 Å². The summed E-state index contributed by atoms with van der Waals surface area (Å²) in [5.41, 5.74) is -0.795. The molecule has 35 heavy (non-hydrogen) atoms. The monoisotopic (exact) mass is 486 g/mol. The van der Waals surface area contributed by atoms with E-state index in [0.717, 1.165) is 44.1 Å². The van der Waals surface area contributed by atoms with Crippen molar-refractivity contribution in [2.75, 3.05) is 6.61 Å². The molecule has 0 aromatic carbocycles. The summed E-state index contributed by atoms with van der Waals surface area (Å²) in [5.74, 6) is -0.428. The van der Waals surface area contributed by atoms with Gasteiger partial charge in [-0.2, -0.15) is 0 Å². The molecule has 0 amide bonds. The van der Waals surface area contributed by atoms with Crippen LogP contribution in [-0.2, 0) is 9.59 Å². The van der Waals surface area contributed by atoms with Crippen LogP contribution in [0.15, 0.2) is 11.6 Å². The molecule has 0 aromatic heterocycles. The summed E-state index contributed by atoms with van der Waals surface area (Å²) in [5, 5.41) is 31.5. The van der Waals surface area contributed by atoms with Gasteiger partial charge in [-0.25, -0.2) is 0 Å². The fourth-order valence-corrected chi connectivity index (χ4v) is 10.5. The van der Waals surface area contributed by atoms with Crippen LogP contribution in [-0.4, -0.2) is 39.8 Å². The molecule has 196 valence electrons. The van der Waals surface area contributed by atoms with Crippen molar-refractivity contribution in [2.45, 2.75) is 105 Å². The average Bonchev–Trinajstić information content (AvgIpc) is 2.78. The Bertz CT molecular complexity index is 983. The maximum Gasteiger partial charge on any atom is 0.309 e. The zero-order valence-electron chi connectivity index (χ0n) is 22.6. The average molecular weight is 487 g/mol. The second kappa shape index (κ2) is 7.43. The lowest BCUT2D eigenvalue weighted by molar-refractivity contribution is -0.204. The summed E-state index contributed by atoms with van der Waals surface area (Å²) in [6, 6.07) is 0. The van der Waals surface area contributed by atoms with Crippen LogP contribution >= 0.6 is 0 Å². The van der Waals surface area contributed by atoms with E-state index in [0.29, 0.717) is 25.2 Å². The molecular formula is C30H46O5. The zero-order chi connectivity index (χ0) is 25.8. The third-order valence-corrected chi connectivity index (χ3v) is 13.1. The van der Waals surface area contributed by atoms with E-state index in [2.05, 4.69) is 34.6 Å². The summed E-state index contributed by atoms with van der Waals surface area (Å²) in [4.78, 5) is 26.5. The van der Waals surface area contributed by atoms with E-state index in [1.54, 1.807) is 0 Å². The Balaban J connectivity index is 1.63. The molecule has 5 nitrogen and oxygen atoms in total. The van der Waals surface area contributed by atoms with Gasteiger partial charge < -0.3 is 15.3 Å². The third kappa shape index (κ3) is 3.00. The van der Waals surface area contributed by atoms with Crippen molar-refractivity contribution in [3.8, 4) is 0 Å². The highest BCUT2D eigenvalue weighted by molar-refractivity contribution is 5.95. The summed E-state index contributed by atoms with van der Waals surface area (Å²) in [7, 11) is 0. The van der Waals surface area contributed by atoms with Gasteiger partial charge >= 0.3 is 5.97 Å². The minimum Gasteiger partial charge on any atom is -0.481 e. The lowest BCUT2D eigenvalue weighted by atomic mass is 9.33. The Kier molecular flexibility index (Phi) is 5.40. The first-order valence-corrected chi connectivity index (χ1v) is 13.9. The fraction of sp³-hybridized carbons (Fsp3) is 0.867. The maximum absolute atomic E-state index is 14.2. The van der Waals surface area contributed by atoms with Crippen LogP contribution in [0.25, 0.3) is 0 Å². The van der Waals surface area contributed by atoms with Gasteiger partial charge in [-0.15, -0.1) is 0 Å². The van der Waals surface area contributed by atoms with Gasteiger partial charge in [-0.05, 0) is 104 Å². The molecule has 0 aromatic rings. The second-order valence-corrected chi connectivity index (χ2v) is 14.8. The lowest BCUT2D eigenvalue weighted by Crippen LogP contribution is -2.67. The molecule has 0 heterocycles. The number of hydrogen-bond donors (Lipinski definition) is 3. The van der Waals surface area contributed by atoms with Crippen molar-refractivity contribution in [1.29, 1.82) is 0 Å². The molecule has 9 atom stereocenters. The number of hydrogen-bond acceptors (Lipinski definition) is 4. The minimum atomic E-state index is -0.823. The number of carboxylic acids is 1. The number of allylic oxidation sites excluding steroid dienone is 2. The van der Waals surface area contributed by atoms with E-state index in [1.165, 1.54) is 0 Å². The molecule has 5 rings (SSSR count). The van der Waals surface area contributed by atoms with E-state index in [-0.39, 0.29) is 57.4 Å². The van der Waals surface area contributed by atoms with Crippen LogP contribution in [0.4, 0.5) is 0 Å². The zero-order valence-corrected chi connectivity index (χ0v) is 22.6. The molecule has 4 fully saturated rings. The van der Waals surface area contributed by atoms with Crippen LogP contribution in [0.5, 0.6) is 0 Å².